The maximum atomic E-state index is 14.4. The van der Waals surface area contributed by atoms with Gasteiger partial charge < -0.3 is 0 Å². The largest absolute Gasteiger partial charge is 0.431 e. The molecule has 27 heavy (non-hydrogen) atoms. The monoisotopic (exact) mass is 397 g/mol. The Morgan fingerprint density at radius 2 is 1.81 bits per heavy atom. The van der Waals surface area contributed by atoms with Gasteiger partial charge in [0.05, 0.1) is 10.7 Å². The molecule has 1 heterocycles. The van der Waals surface area contributed by atoms with Gasteiger partial charge in [0.1, 0.15) is 11.5 Å². The van der Waals surface area contributed by atoms with Crippen LogP contribution in [0.1, 0.15) is 5.69 Å². The van der Waals surface area contributed by atoms with Gasteiger partial charge in [-0.25, -0.2) is 13.8 Å². The SMILES string of the molecule is Cn1c(C(F)(F)F)cc(=O)n(-c2cc(-c3[c]cccc3)c(Cl)cc2F)c1=O. The van der Waals surface area contributed by atoms with Crippen molar-refractivity contribution in [3.63, 3.8) is 0 Å². The Morgan fingerprint density at radius 1 is 1.11 bits per heavy atom. The molecule has 0 bridgehead atoms. The number of hydrogen-bond donors (Lipinski definition) is 0. The van der Waals surface area contributed by atoms with E-state index >= 15 is 0 Å². The van der Waals surface area contributed by atoms with E-state index < -0.39 is 34.6 Å². The number of rotatable bonds is 2. The topological polar surface area (TPSA) is 44.0 Å². The maximum absolute atomic E-state index is 14.4. The molecule has 1 aromatic heterocycles. The molecule has 0 aliphatic carbocycles. The summed E-state index contributed by atoms with van der Waals surface area (Å²) in [6.45, 7) is 0. The molecule has 0 N–H and O–H groups in total. The number of benzene rings is 2. The zero-order valence-electron chi connectivity index (χ0n) is 13.6. The molecule has 0 saturated heterocycles. The Labute approximate surface area is 154 Å². The molecule has 0 unspecified atom stereocenters. The van der Waals surface area contributed by atoms with Crippen LogP contribution in [0.3, 0.4) is 0 Å². The first-order chi connectivity index (χ1) is 12.6. The maximum Gasteiger partial charge on any atom is 0.431 e. The highest BCUT2D eigenvalue weighted by Gasteiger charge is 2.35. The molecule has 0 aliphatic rings. The van der Waals surface area contributed by atoms with Crippen LogP contribution < -0.4 is 11.2 Å². The van der Waals surface area contributed by atoms with E-state index in [1.807, 2.05) is 0 Å². The highest BCUT2D eigenvalue weighted by atomic mass is 35.5. The van der Waals surface area contributed by atoms with Gasteiger partial charge in [0.15, 0.2) is 0 Å². The second-order valence-electron chi connectivity index (χ2n) is 5.60. The minimum absolute atomic E-state index is 0.00418. The predicted molar refractivity (Wildman–Crippen MR) is 91.5 cm³/mol. The van der Waals surface area contributed by atoms with Crippen molar-refractivity contribution in [2.24, 2.45) is 7.05 Å². The van der Waals surface area contributed by atoms with E-state index in [4.69, 9.17) is 11.6 Å². The van der Waals surface area contributed by atoms with Crippen LogP contribution in [0.2, 0.25) is 5.02 Å². The Balaban J connectivity index is 2.32. The normalized spacial score (nSPS) is 11.6. The fourth-order valence-corrected chi connectivity index (χ4v) is 2.85. The van der Waals surface area contributed by atoms with Gasteiger partial charge in [-0.1, -0.05) is 35.9 Å². The van der Waals surface area contributed by atoms with Gasteiger partial charge >= 0.3 is 11.9 Å². The van der Waals surface area contributed by atoms with Gasteiger partial charge in [-0.3, -0.25) is 9.36 Å². The van der Waals surface area contributed by atoms with Crippen LogP contribution in [0.4, 0.5) is 17.6 Å². The first-order valence-electron chi connectivity index (χ1n) is 7.48. The summed E-state index contributed by atoms with van der Waals surface area (Å²) in [5.41, 5.74) is -3.86. The molecular weight excluding hydrogens is 388 g/mol. The molecule has 2 aromatic carbocycles. The molecule has 0 aliphatic heterocycles. The third-order valence-electron chi connectivity index (χ3n) is 3.89. The lowest BCUT2D eigenvalue weighted by Gasteiger charge is -2.15. The molecule has 0 fully saturated rings. The minimum atomic E-state index is -4.91. The van der Waals surface area contributed by atoms with Crippen molar-refractivity contribution in [2.45, 2.75) is 6.18 Å². The molecular formula is C18H10ClF4N2O2. The first kappa shape index (κ1) is 18.9. The van der Waals surface area contributed by atoms with Crippen LogP contribution in [-0.4, -0.2) is 9.13 Å². The van der Waals surface area contributed by atoms with Crippen LogP contribution >= 0.6 is 11.6 Å². The second-order valence-corrected chi connectivity index (χ2v) is 6.01. The van der Waals surface area contributed by atoms with Crippen molar-refractivity contribution in [1.29, 1.82) is 0 Å². The molecule has 3 rings (SSSR count). The van der Waals surface area contributed by atoms with E-state index in [-0.39, 0.29) is 21.2 Å². The van der Waals surface area contributed by atoms with Gasteiger partial charge in [0.25, 0.3) is 5.56 Å². The van der Waals surface area contributed by atoms with E-state index in [9.17, 15) is 27.2 Å². The molecule has 3 aromatic rings. The van der Waals surface area contributed by atoms with Crippen molar-refractivity contribution in [2.75, 3.05) is 0 Å². The quantitative estimate of drug-likeness (QED) is 0.617. The summed E-state index contributed by atoms with van der Waals surface area (Å²) in [4.78, 5) is 24.5. The van der Waals surface area contributed by atoms with E-state index in [1.165, 1.54) is 0 Å². The minimum Gasteiger partial charge on any atom is -0.292 e. The average Bonchev–Trinajstić information content (AvgIpc) is 2.59. The second kappa shape index (κ2) is 6.70. The van der Waals surface area contributed by atoms with Gasteiger partial charge in [0.2, 0.25) is 0 Å². The zero-order valence-corrected chi connectivity index (χ0v) is 14.4. The summed E-state index contributed by atoms with van der Waals surface area (Å²) in [6.07, 6.45) is -4.91. The van der Waals surface area contributed by atoms with Crippen molar-refractivity contribution < 1.29 is 17.6 Å². The highest BCUT2D eigenvalue weighted by molar-refractivity contribution is 6.33. The summed E-state index contributed by atoms with van der Waals surface area (Å²) in [5, 5.41) is -0.00418. The fraction of sp³-hybridized carbons (Fsp3) is 0.111. The average molecular weight is 398 g/mol. The smallest absolute Gasteiger partial charge is 0.292 e. The fourth-order valence-electron chi connectivity index (χ4n) is 2.60. The Hall–Kier alpha value is -2.87. The number of hydrogen-bond acceptors (Lipinski definition) is 2. The third kappa shape index (κ3) is 3.40. The van der Waals surface area contributed by atoms with E-state index in [0.717, 1.165) is 19.2 Å². The Bertz CT molecular complexity index is 1140. The predicted octanol–water partition coefficient (Wildman–Crippen LogP) is 3.81. The number of alkyl halides is 3. The van der Waals surface area contributed by atoms with Crippen LogP contribution in [-0.2, 0) is 13.2 Å². The van der Waals surface area contributed by atoms with Crippen molar-refractivity contribution >= 4 is 11.6 Å². The molecule has 4 nitrogen and oxygen atoms in total. The molecule has 0 saturated carbocycles. The summed E-state index contributed by atoms with van der Waals surface area (Å²) in [6, 6.07) is 11.7. The van der Waals surface area contributed by atoms with Gasteiger partial charge in [-0.15, -0.1) is 0 Å². The van der Waals surface area contributed by atoms with Crippen LogP contribution in [0, 0.1) is 11.9 Å². The summed E-state index contributed by atoms with van der Waals surface area (Å²) in [7, 11) is 0.848. The lowest BCUT2D eigenvalue weighted by Crippen LogP contribution is -2.41. The van der Waals surface area contributed by atoms with Crippen LogP contribution in [0.25, 0.3) is 16.8 Å². The van der Waals surface area contributed by atoms with E-state index in [1.54, 1.807) is 24.3 Å². The molecule has 0 atom stereocenters. The number of aromatic nitrogens is 2. The van der Waals surface area contributed by atoms with Crippen LogP contribution in [0.5, 0.6) is 0 Å². The molecule has 1 radical (unpaired) electrons. The third-order valence-corrected chi connectivity index (χ3v) is 4.20. The van der Waals surface area contributed by atoms with Crippen molar-refractivity contribution in [3.8, 4) is 16.8 Å². The zero-order chi connectivity index (χ0) is 19.9. The lowest BCUT2D eigenvalue weighted by molar-refractivity contribution is -0.144. The van der Waals surface area contributed by atoms with E-state index in [0.29, 0.717) is 10.1 Å². The Morgan fingerprint density at radius 3 is 2.41 bits per heavy atom. The summed E-state index contributed by atoms with van der Waals surface area (Å²) in [5.74, 6) is -1.03. The van der Waals surface area contributed by atoms with Crippen molar-refractivity contribution in [1.82, 2.24) is 9.13 Å². The molecule has 139 valence electrons. The molecule has 0 spiro atoms. The number of nitrogens with zero attached hydrogens (tertiary/aromatic N) is 2. The van der Waals surface area contributed by atoms with Gasteiger partial charge in [-0.05, 0) is 23.8 Å². The van der Waals surface area contributed by atoms with Crippen molar-refractivity contribution in [3.05, 3.63) is 85.9 Å². The lowest BCUT2D eigenvalue weighted by atomic mass is 10.0. The number of halogens is 5. The summed E-state index contributed by atoms with van der Waals surface area (Å²) >= 11 is 6.04. The van der Waals surface area contributed by atoms with E-state index in [2.05, 4.69) is 6.07 Å². The first-order valence-corrected chi connectivity index (χ1v) is 7.86. The highest BCUT2D eigenvalue weighted by Crippen LogP contribution is 2.31. The molecule has 9 heteroatoms. The standard InChI is InChI=1S/C18H10ClF4N2O2/c1-24-15(18(21,22)23)9-16(26)25(17(24)27)14-7-11(12(19)8-13(14)20)10-5-3-2-4-6-10/h2-5,7-9H,1H3. The summed E-state index contributed by atoms with van der Waals surface area (Å²) < 4.78 is 53.9. The van der Waals surface area contributed by atoms with Gasteiger partial charge in [0, 0.05) is 18.7 Å². The van der Waals surface area contributed by atoms with Crippen LogP contribution in [0.15, 0.2) is 52.1 Å². The van der Waals surface area contributed by atoms with Gasteiger partial charge in [-0.2, -0.15) is 13.2 Å². The molecule has 0 amide bonds. The Kier molecular flexibility index (Phi) is 4.69.